The molecule has 2 nitrogen and oxygen atoms in total. The summed E-state index contributed by atoms with van der Waals surface area (Å²) in [6, 6.07) is 0. The summed E-state index contributed by atoms with van der Waals surface area (Å²) in [6.45, 7) is 0.837. The molecule has 0 bridgehead atoms. The Bertz CT molecular complexity index is 174. The van der Waals surface area contributed by atoms with Crippen molar-refractivity contribution in [3.05, 3.63) is 24.3 Å². The van der Waals surface area contributed by atoms with Crippen LogP contribution in [0.3, 0.4) is 0 Å². The lowest BCUT2D eigenvalue weighted by molar-refractivity contribution is 0.162. The molecule has 0 saturated carbocycles. The van der Waals surface area contributed by atoms with Gasteiger partial charge in [0.05, 0.1) is 6.61 Å². The zero-order chi connectivity index (χ0) is 8.16. The fourth-order valence-electron chi connectivity index (χ4n) is 1.38. The predicted molar refractivity (Wildman–Crippen MR) is 46.1 cm³/mol. The molecule has 0 fully saturated rings. The van der Waals surface area contributed by atoms with E-state index in [0.717, 1.165) is 12.8 Å². The molecule has 0 aromatic carbocycles. The summed E-state index contributed by atoms with van der Waals surface area (Å²) in [7, 11) is 0. The molecule has 0 radical (unpaired) electrons. The van der Waals surface area contributed by atoms with Crippen LogP contribution in [0.4, 0.5) is 0 Å². The molecular weight excluding hydrogens is 138 g/mol. The zero-order valence-corrected chi connectivity index (χ0v) is 6.66. The van der Waals surface area contributed by atoms with Gasteiger partial charge in [-0.25, -0.2) is 0 Å². The highest BCUT2D eigenvalue weighted by Gasteiger charge is 2.24. The van der Waals surface area contributed by atoms with Crippen LogP contribution in [0.25, 0.3) is 0 Å². The Morgan fingerprint density at radius 1 is 1.45 bits per heavy atom. The van der Waals surface area contributed by atoms with E-state index >= 15 is 0 Å². The maximum atomic E-state index is 9.13. The molecule has 0 heterocycles. The second kappa shape index (κ2) is 3.69. The Balaban J connectivity index is 2.60. The first-order valence-electron chi connectivity index (χ1n) is 3.98. The van der Waals surface area contributed by atoms with E-state index in [1.54, 1.807) is 0 Å². The fraction of sp³-hybridized carbons (Fsp3) is 0.556. The second-order valence-corrected chi connectivity index (χ2v) is 3.05. The zero-order valence-electron chi connectivity index (χ0n) is 6.66. The second-order valence-electron chi connectivity index (χ2n) is 3.05. The van der Waals surface area contributed by atoms with Crippen molar-refractivity contribution < 1.29 is 5.11 Å². The molecule has 0 aromatic heterocycles. The highest BCUT2D eigenvalue weighted by atomic mass is 16.3. The van der Waals surface area contributed by atoms with E-state index in [-0.39, 0.29) is 12.0 Å². The van der Waals surface area contributed by atoms with Crippen molar-refractivity contribution in [1.82, 2.24) is 0 Å². The van der Waals surface area contributed by atoms with Crippen molar-refractivity contribution in [3.8, 4) is 0 Å². The van der Waals surface area contributed by atoms with Gasteiger partial charge >= 0.3 is 0 Å². The van der Waals surface area contributed by atoms with E-state index in [9.17, 15) is 0 Å². The van der Waals surface area contributed by atoms with Crippen LogP contribution in [0.2, 0.25) is 0 Å². The van der Waals surface area contributed by atoms with E-state index in [4.69, 9.17) is 10.8 Å². The van der Waals surface area contributed by atoms with Gasteiger partial charge in [-0.2, -0.15) is 0 Å². The van der Waals surface area contributed by atoms with Crippen molar-refractivity contribution in [2.75, 3.05) is 13.2 Å². The molecule has 1 atom stereocenters. The van der Waals surface area contributed by atoms with Gasteiger partial charge < -0.3 is 10.8 Å². The Morgan fingerprint density at radius 3 is 2.73 bits per heavy atom. The van der Waals surface area contributed by atoms with Crippen molar-refractivity contribution in [2.24, 2.45) is 11.1 Å². The number of hydrogen-bond acceptors (Lipinski definition) is 2. The van der Waals surface area contributed by atoms with E-state index in [1.807, 2.05) is 12.2 Å². The van der Waals surface area contributed by atoms with Crippen LogP contribution in [0, 0.1) is 5.41 Å². The van der Waals surface area contributed by atoms with Crippen LogP contribution in [0.15, 0.2) is 24.3 Å². The van der Waals surface area contributed by atoms with Gasteiger partial charge in [0, 0.05) is 5.41 Å². The molecule has 0 amide bonds. The van der Waals surface area contributed by atoms with Gasteiger partial charge in [0.15, 0.2) is 0 Å². The summed E-state index contributed by atoms with van der Waals surface area (Å²) in [4.78, 5) is 0. The summed E-state index contributed by atoms with van der Waals surface area (Å²) in [5, 5.41) is 9.13. The Kier molecular flexibility index (Phi) is 2.85. The molecule has 0 saturated heterocycles. The monoisotopic (exact) mass is 153 g/mol. The smallest absolute Gasteiger partial charge is 0.0525 e. The molecule has 0 aromatic rings. The summed E-state index contributed by atoms with van der Waals surface area (Å²) in [6.07, 6.45) is 9.90. The van der Waals surface area contributed by atoms with Crippen LogP contribution in [-0.4, -0.2) is 18.3 Å². The topological polar surface area (TPSA) is 46.2 Å². The lowest BCUT2D eigenvalue weighted by Crippen LogP contribution is -2.26. The summed E-state index contributed by atoms with van der Waals surface area (Å²) < 4.78 is 0. The maximum Gasteiger partial charge on any atom is 0.0525 e. The van der Waals surface area contributed by atoms with E-state index in [1.165, 1.54) is 0 Å². The summed E-state index contributed by atoms with van der Waals surface area (Å²) in [5.41, 5.74) is 5.39. The number of aliphatic hydroxyl groups excluding tert-OH is 1. The lowest BCUT2D eigenvalue weighted by Gasteiger charge is -2.28. The molecule has 0 spiro atoms. The van der Waals surface area contributed by atoms with Gasteiger partial charge in [-0.3, -0.25) is 0 Å². The average Bonchev–Trinajstić information content (AvgIpc) is 2.07. The van der Waals surface area contributed by atoms with Crippen molar-refractivity contribution in [3.63, 3.8) is 0 Å². The minimum Gasteiger partial charge on any atom is -0.395 e. The standard InChI is InChI=1S/C9H15NO/c10-7-6-9(8-11)4-2-1-3-5-9/h1-4,11H,5-8,10H2/t9-/m0/s1. The average molecular weight is 153 g/mol. The van der Waals surface area contributed by atoms with Crippen LogP contribution >= 0.6 is 0 Å². The first-order valence-corrected chi connectivity index (χ1v) is 3.98. The predicted octanol–water partition coefficient (Wildman–Crippen LogP) is 0.830. The highest BCUT2D eigenvalue weighted by molar-refractivity contribution is 5.16. The fourth-order valence-corrected chi connectivity index (χ4v) is 1.38. The third-order valence-corrected chi connectivity index (χ3v) is 2.18. The molecule has 0 unspecified atom stereocenters. The quantitative estimate of drug-likeness (QED) is 0.631. The van der Waals surface area contributed by atoms with E-state index < -0.39 is 0 Å². The molecule has 1 aliphatic rings. The Labute approximate surface area is 67.4 Å². The molecule has 1 rings (SSSR count). The molecular formula is C9H15NO. The van der Waals surface area contributed by atoms with Crippen LogP contribution in [-0.2, 0) is 0 Å². The minimum absolute atomic E-state index is 0.0660. The maximum absolute atomic E-state index is 9.13. The molecule has 0 aliphatic heterocycles. The number of nitrogens with two attached hydrogens (primary N) is 1. The normalized spacial score (nSPS) is 29.3. The number of hydrogen-bond donors (Lipinski definition) is 2. The molecule has 2 heteroatoms. The molecule has 62 valence electrons. The summed E-state index contributed by atoms with van der Waals surface area (Å²) >= 11 is 0. The van der Waals surface area contributed by atoms with Gasteiger partial charge in [-0.1, -0.05) is 24.3 Å². The molecule has 11 heavy (non-hydrogen) atoms. The van der Waals surface area contributed by atoms with Gasteiger partial charge in [0.1, 0.15) is 0 Å². The van der Waals surface area contributed by atoms with Gasteiger partial charge in [-0.15, -0.1) is 0 Å². The van der Waals surface area contributed by atoms with E-state index in [0.29, 0.717) is 6.54 Å². The molecule has 3 N–H and O–H groups in total. The van der Waals surface area contributed by atoms with Crippen LogP contribution < -0.4 is 5.73 Å². The van der Waals surface area contributed by atoms with Crippen molar-refractivity contribution in [1.29, 1.82) is 0 Å². The lowest BCUT2D eigenvalue weighted by atomic mass is 9.79. The SMILES string of the molecule is NCC[C@]1(CO)C=CC=CC1. The third-order valence-electron chi connectivity index (χ3n) is 2.18. The van der Waals surface area contributed by atoms with Gasteiger partial charge in [-0.05, 0) is 19.4 Å². The van der Waals surface area contributed by atoms with Gasteiger partial charge in [0.25, 0.3) is 0 Å². The Hall–Kier alpha value is -0.600. The number of aliphatic hydroxyl groups is 1. The van der Waals surface area contributed by atoms with Crippen LogP contribution in [0.5, 0.6) is 0 Å². The van der Waals surface area contributed by atoms with Crippen molar-refractivity contribution in [2.45, 2.75) is 12.8 Å². The van der Waals surface area contributed by atoms with E-state index in [2.05, 4.69) is 12.2 Å². The number of allylic oxidation sites excluding steroid dienone is 3. The summed E-state index contributed by atoms with van der Waals surface area (Å²) in [5.74, 6) is 0. The first-order chi connectivity index (χ1) is 5.33. The highest BCUT2D eigenvalue weighted by Crippen LogP contribution is 2.30. The molecule has 1 aliphatic carbocycles. The first kappa shape index (κ1) is 8.50. The number of rotatable bonds is 3. The minimum atomic E-state index is -0.0660. The third kappa shape index (κ3) is 1.91. The Morgan fingerprint density at radius 2 is 2.27 bits per heavy atom. The largest absolute Gasteiger partial charge is 0.395 e. The van der Waals surface area contributed by atoms with Crippen molar-refractivity contribution >= 4 is 0 Å². The van der Waals surface area contributed by atoms with Crippen LogP contribution in [0.1, 0.15) is 12.8 Å². The van der Waals surface area contributed by atoms with Gasteiger partial charge in [0.2, 0.25) is 0 Å².